The van der Waals surface area contributed by atoms with Gasteiger partial charge < -0.3 is 5.73 Å². The normalized spacial score (nSPS) is 27.4. The van der Waals surface area contributed by atoms with Gasteiger partial charge in [-0.3, -0.25) is 0 Å². The molecule has 0 heterocycles. The van der Waals surface area contributed by atoms with E-state index in [-0.39, 0.29) is 6.04 Å². The zero-order chi connectivity index (χ0) is 9.76. The monoisotopic (exact) mass is 251 g/mol. The molecular weight excluding hydrogens is 238 g/mol. The van der Waals surface area contributed by atoms with Crippen molar-refractivity contribution in [2.75, 3.05) is 0 Å². The van der Waals surface area contributed by atoms with Gasteiger partial charge in [-0.15, -0.1) is 0 Å². The van der Waals surface area contributed by atoms with Crippen molar-refractivity contribution in [3.8, 4) is 0 Å². The second-order valence-electron chi connectivity index (χ2n) is 4.71. The van der Waals surface area contributed by atoms with Gasteiger partial charge in [0.1, 0.15) is 0 Å². The predicted octanol–water partition coefficient (Wildman–Crippen LogP) is 3.18. The van der Waals surface area contributed by atoms with Crippen molar-refractivity contribution in [3.05, 3.63) is 33.8 Å². The Bertz CT molecular complexity index is 382. The van der Waals surface area contributed by atoms with Gasteiger partial charge in [0.15, 0.2) is 0 Å². The number of hydrogen-bond acceptors (Lipinski definition) is 1. The summed E-state index contributed by atoms with van der Waals surface area (Å²) in [6.45, 7) is 0. The Hall–Kier alpha value is -0.340. The van der Waals surface area contributed by atoms with Gasteiger partial charge >= 0.3 is 0 Å². The summed E-state index contributed by atoms with van der Waals surface area (Å²) in [7, 11) is 0. The van der Waals surface area contributed by atoms with Crippen LogP contribution in [0, 0.1) is 5.41 Å². The van der Waals surface area contributed by atoms with Crippen molar-refractivity contribution in [1.29, 1.82) is 0 Å². The molecule has 0 amide bonds. The lowest BCUT2D eigenvalue weighted by atomic mass is 9.64. The van der Waals surface area contributed by atoms with Crippen LogP contribution in [0.3, 0.4) is 0 Å². The maximum absolute atomic E-state index is 6.33. The smallest absolute Gasteiger partial charge is 0.0358 e. The van der Waals surface area contributed by atoms with Gasteiger partial charge in [0.05, 0.1) is 0 Å². The molecule has 0 aromatic heterocycles. The highest BCUT2D eigenvalue weighted by molar-refractivity contribution is 9.10. The SMILES string of the molecule is N[C@@H]1c2cc(Br)ccc2CC12CCC2. The summed E-state index contributed by atoms with van der Waals surface area (Å²) < 4.78 is 1.16. The molecule has 3 rings (SSSR count). The van der Waals surface area contributed by atoms with Gasteiger partial charge in [-0.25, -0.2) is 0 Å². The lowest BCUT2D eigenvalue weighted by molar-refractivity contribution is 0.111. The molecule has 1 spiro atoms. The summed E-state index contributed by atoms with van der Waals surface area (Å²) in [6.07, 6.45) is 5.21. The first-order valence-electron chi connectivity index (χ1n) is 5.25. The van der Waals surface area contributed by atoms with Crippen LogP contribution >= 0.6 is 15.9 Å². The Kier molecular flexibility index (Phi) is 1.80. The van der Waals surface area contributed by atoms with E-state index in [2.05, 4.69) is 34.1 Å². The van der Waals surface area contributed by atoms with Gasteiger partial charge in [-0.05, 0) is 47.9 Å². The van der Waals surface area contributed by atoms with E-state index in [4.69, 9.17) is 5.73 Å². The van der Waals surface area contributed by atoms with E-state index in [1.165, 1.54) is 36.8 Å². The third-order valence-electron chi connectivity index (χ3n) is 3.99. The Morgan fingerprint density at radius 1 is 1.36 bits per heavy atom. The van der Waals surface area contributed by atoms with Crippen molar-refractivity contribution in [2.24, 2.45) is 11.1 Å². The predicted molar refractivity (Wildman–Crippen MR) is 61.1 cm³/mol. The zero-order valence-corrected chi connectivity index (χ0v) is 9.68. The first-order valence-corrected chi connectivity index (χ1v) is 6.04. The Labute approximate surface area is 92.8 Å². The molecule has 0 radical (unpaired) electrons. The molecule has 1 nitrogen and oxygen atoms in total. The zero-order valence-electron chi connectivity index (χ0n) is 8.09. The van der Waals surface area contributed by atoms with Crippen molar-refractivity contribution in [1.82, 2.24) is 0 Å². The van der Waals surface area contributed by atoms with Crippen LogP contribution in [-0.2, 0) is 6.42 Å². The number of rotatable bonds is 0. The van der Waals surface area contributed by atoms with E-state index in [0.717, 1.165) is 4.47 Å². The molecule has 0 saturated heterocycles. The minimum atomic E-state index is 0.281. The molecule has 0 aliphatic heterocycles. The topological polar surface area (TPSA) is 26.0 Å². The molecule has 2 aliphatic rings. The molecule has 1 saturated carbocycles. The third-order valence-corrected chi connectivity index (χ3v) is 4.49. The quantitative estimate of drug-likeness (QED) is 0.754. The number of nitrogens with two attached hydrogens (primary N) is 1. The Balaban J connectivity index is 2.06. The van der Waals surface area contributed by atoms with Crippen molar-refractivity contribution < 1.29 is 0 Å². The van der Waals surface area contributed by atoms with E-state index in [0.29, 0.717) is 5.41 Å². The maximum Gasteiger partial charge on any atom is 0.0358 e. The first kappa shape index (κ1) is 8.93. The van der Waals surface area contributed by atoms with Crippen molar-refractivity contribution >= 4 is 15.9 Å². The third kappa shape index (κ3) is 1.04. The van der Waals surface area contributed by atoms with Crippen LogP contribution < -0.4 is 5.73 Å². The fraction of sp³-hybridized carbons (Fsp3) is 0.500. The standard InChI is InChI=1S/C12H14BrN/c13-9-3-2-8-7-12(4-1-5-12)11(14)10(8)6-9/h2-3,6,11H,1,4-5,7,14H2/t11-/m1/s1. The van der Waals surface area contributed by atoms with Crippen LogP contribution in [0.15, 0.2) is 22.7 Å². The molecule has 1 atom stereocenters. The van der Waals surface area contributed by atoms with E-state index in [9.17, 15) is 0 Å². The lowest BCUT2D eigenvalue weighted by Gasteiger charge is -2.42. The van der Waals surface area contributed by atoms with Gasteiger partial charge in [-0.2, -0.15) is 0 Å². The fourth-order valence-corrected chi connectivity index (χ4v) is 3.33. The van der Waals surface area contributed by atoms with E-state index in [1.54, 1.807) is 0 Å². The number of hydrogen-bond donors (Lipinski definition) is 1. The average Bonchev–Trinajstić information content (AvgIpc) is 2.40. The Morgan fingerprint density at radius 2 is 2.14 bits per heavy atom. The number of halogens is 1. The highest BCUT2D eigenvalue weighted by atomic mass is 79.9. The summed E-state index contributed by atoms with van der Waals surface area (Å²) >= 11 is 3.51. The van der Waals surface area contributed by atoms with E-state index < -0.39 is 0 Å². The molecule has 1 aromatic rings. The van der Waals surface area contributed by atoms with Gasteiger partial charge in [0.2, 0.25) is 0 Å². The number of benzene rings is 1. The molecule has 2 N–H and O–H groups in total. The average molecular weight is 252 g/mol. The molecule has 0 unspecified atom stereocenters. The van der Waals surface area contributed by atoms with Gasteiger partial charge in [0, 0.05) is 10.5 Å². The molecule has 14 heavy (non-hydrogen) atoms. The molecule has 1 aromatic carbocycles. The second-order valence-corrected chi connectivity index (χ2v) is 5.63. The summed E-state index contributed by atoms with van der Waals surface area (Å²) in [6, 6.07) is 6.84. The minimum Gasteiger partial charge on any atom is -0.323 e. The molecule has 2 aliphatic carbocycles. The van der Waals surface area contributed by atoms with Crippen molar-refractivity contribution in [2.45, 2.75) is 31.7 Å². The Morgan fingerprint density at radius 3 is 2.79 bits per heavy atom. The summed E-state index contributed by atoms with van der Waals surface area (Å²) in [5, 5.41) is 0. The second kappa shape index (κ2) is 2.83. The minimum absolute atomic E-state index is 0.281. The van der Waals surface area contributed by atoms with Crippen LogP contribution in [-0.4, -0.2) is 0 Å². The number of fused-ring (bicyclic) bond motifs is 1. The van der Waals surface area contributed by atoms with Crippen molar-refractivity contribution in [3.63, 3.8) is 0 Å². The lowest BCUT2D eigenvalue weighted by Crippen LogP contribution is -2.37. The summed E-state index contributed by atoms with van der Waals surface area (Å²) in [5.41, 5.74) is 9.62. The molecule has 0 bridgehead atoms. The largest absolute Gasteiger partial charge is 0.323 e. The van der Waals surface area contributed by atoms with E-state index >= 15 is 0 Å². The summed E-state index contributed by atoms with van der Waals surface area (Å²) in [4.78, 5) is 0. The maximum atomic E-state index is 6.33. The van der Waals surface area contributed by atoms with Gasteiger partial charge in [-0.1, -0.05) is 28.4 Å². The van der Waals surface area contributed by atoms with E-state index in [1.807, 2.05) is 0 Å². The highest BCUT2D eigenvalue weighted by Gasteiger charge is 2.47. The van der Waals surface area contributed by atoms with Crippen LogP contribution in [0.5, 0.6) is 0 Å². The first-order chi connectivity index (χ1) is 6.71. The molecule has 2 heteroatoms. The van der Waals surface area contributed by atoms with Gasteiger partial charge in [0.25, 0.3) is 0 Å². The van der Waals surface area contributed by atoms with Crippen LogP contribution in [0.1, 0.15) is 36.4 Å². The molecule has 74 valence electrons. The molecule has 1 fully saturated rings. The molecular formula is C12H14BrN. The van der Waals surface area contributed by atoms with Crippen LogP contribution in [0.4, 0.5) is 0 Å². The van der Waals surface area contributed by atoms with Crippen LogP contribution in [0.25, 0.3) is 0 Å². The fourth-order valence-electron chi connectivity index (χ4n) is 2.95. The summed E-state index contributed by atoms with van der Waals surface area (Å²) in [5.74, 6) is 0. The highest BCUT2D eigenvalue weighted by Crippen LogP contribution is 2.56. The van der Waals surface area contributed by atoms with Crippen LogP contribution in [0.2, 0.25) is 0 Å².